The molecule has 0 unspecified atom stereocenters. The van der Waals surface area contributed by atoms with Gasteiger partial charge in [-0.2, -0.15) is 0 Å². The van der Waals surface area contributed by atoms with Crippen LogP contribution in [0, 0.1) is 11.6 Å². The van der Waals surface area contributed by atoms with Crippen molar-refractivity contribution in [2.75, 3.05) is 26.3 Å². The predicted octanol–water partition coefficient (Wildman–Crippen LogP) is 2.87. The summed E-state index contributed by atoms with van der Waals surface area (Å²) in [5, 5.41) is 2.51. The Kier molecular flexibility index (Phi) is 5.38. The summed E-state index contributed by atoms with van der Waals surface area (Å²) < 4.78 is 38.3. The lowest BCUT2D eigenvalue weighted by Gasteiger charge is -2.28. The Morgan fingerprint density at radius 3 is 2.62 bits per heavy atom. The van der Waals surface area contributed by atoms with Crippen LogP contribution in [-0.2, 0) is 15.1 Å². The van der Waals surface area contributed by atoms with Gasteiger partial charge in [0.05, 0.1) is 6.04 Å². The zero-order valence-electron chi connectivity index (χ0n) is 18.5. The first-order valence-corrected chi connectivity index (χ1v) is 11.1. The van der Waals surface area contributed by atoms with E-state index in [2.05, 4.69) is 5.32 Å². The Labute approximate surface area is 194 Å². The van der Waals surface area contributed by atoms with Gasteiger partial charge in [0.25, 0.3) is 5.91 Å². The first-order chi connectivity index (χ1) is 16.3. The van der Waals surface area contributed by atoms with Crippen molar-refractivity contribution in [2.45, 2.75) is 31.3 Å². The Bertz CT molecular complexity index is 1190. The van der Waals surface area contributed by atoms with Crippen molar-refractivity contribution in [1.82, 2.24) is 15.1 Å². The SMILES string of the molecule is C[C@]1(c2ccc(F)c(F)c2)NC(=O)N(CC(=O)N2CCC[C@@H]2c2ccc3c(c2)OCCO3)C1=O. The summed E-state index contributed by atoms with van der Waals surface area (Å²) in [6, 6.07) is 7.58. The van der Waals surface area contributed by atoms with Crippen molar-refractivity contribution in [3.63, 3.8) is 0 Å². The first-order valence-electron chi connectivity index (χ1n) is 11.1. The maximum Gasteiger partial charge on any atom is 0.325 e. The third kappa shape index (κ3) is 3.63. The molecule has 2 atom stereocenters. The van der Waals surface area contributed by atoms with Crippen LogP contribution >= 0.6 is 0 Å². The quantitative estimate of drug-likeness (QED) is 0.693. The number of hydrogen-bond acceptors (Lipinski definition) is 5. The van der Waals surface area contributed by atoms with Crippen LogP contribution < -0.4 is 14.8 Å². The number of ether oxygens (including phenoxy) is 2. The lowest BCUT2D eigenvalue weighted by Crippen LogP contribution is -2.44. The van der Waals surface area contributed by atoms with E-state index in [0.717, 1.165) is 35.4 Å². The largest absolute Gasteiger partial charge is 0.486 e. The standard InChI is InChI=1S/C24H23F2N3O5/c1-24(15-5-6-16(25)17(26)12-15)22(31)29(23(32)27-24)13-21(30)28-8-2-3-18(28)14-4-7-19-20(11-14)34-10-9-33-19/h4-7,11-12,18H,2-3,8-10,13H2,1H3,(H,27,32)/t18-,24-/m1/s1. The smallest absolute Gasteiger partial charge is 0.325 e. The second-order valence-corrected chi connectivity index (χ2v) is 8.72. The van der Waals surface area contributed by atoms with Crippen LogP contribution in [0.4, 0.5) is 13.6 Å². The van der Waals surface area contributed by atoms with E-state index in [1.807, 2.05) is 18.2 Å². The van der Waals surface area contributed by atoms with E-state index in [9.17, 15) is 23.2 Å². The number of urea groups is 1. The maximum absolute atomic E-state index is 13.8. The highest BCUT2D eigenvalue weighted by Gasteiger charge is 2.50. The van der Waals surface area contributed by atoms with Crippen LogP contribution in [0.1, 0.15) is 36.9 Å². The summed E-state index contributed by atoms with van der Waals surface area (Å²) in [7, 11) is 0. The molecule has 0 bridgehead atoms. The van der Waals surface area contributed by atoms with Crippen LogP contribution in [0.2, 0.25) is 0 Å². The van der Waals surface area contributed by atoms with Gasteiger partial charge in [-0.15, -0.1) is 0 Å². The molecule has 1 N–H and O–H groups in total. The first kappa shape index (κ1) is 22.1. The molecular weight excluding hydrogens is 448 g/mol. The van der Waals surface area contributed by atoms with E-state index in [4.69, 9.17) is 9.47 Å². The number of amides is 4. The number of halogens is 2. The van der Waals surface area contributed by atoms with Gasteiger partial charge < -0.3 is 19.7 Å². The van der Waals surface area contributed by atoms with Gasteiger partial charge in [0.2, 0.25) is 5.91 Å². The van der Waals surface area contributed by atoms with E-state index in [-0.39, 0.29) is 17.5 Å². The molecule has 178 valence electrons. The van der Waals surface area contributed by atoms with Crippen molar-refractivity contribution in [2.24, 2.45) is 0 Å². The topological polar surface area (TPSA) is 88.2 Å². The molecule has 2 fully saturated rings. The monoisotopic (exact) mass is 471 g/mol. The summed E-state index contributed by atoms with van der Waals surface area (Å²) in [5.74, 6) is -1.99. The second kappa shape index (κ2) is 8.27. The van der Waals surface area contributed by atoms with E-state index < -0.39 is 35.7 Å². The zero-order chi connectivity index (χ0) is 24.0. The van der Waals surface area contributed by atoms with Gasteiger partial charge in [0, 0.05) is 6.54 Å². The highest BCUT2D eigenvalue weighted by molar-refractivity contribution is 6.09. The van der Waals surface area contributed by atoms with Crippen LogP contribution in [0.25, 0.3) is 0 Å². The number of rotatable bonds is 4. The van der Waals surface area contributed by atoms with Gasteiger partial charge in [-0.1, -0.05) is 12.1 Å². The fraction of sp³-hybridized carbons (Fsp3) is 0.375. The van der Waals surface area contributed by atoms with Gasteiger partial charge in [-0.3, -0.25) is 14.5 Å². The number of benzene rings is 2. The minimum absolute atomic E-state index is 0.0926. The molecule has 3 heterocycles. The third-order valence-corrected chi connectivity index (χ3v) is 6.59. The molecule has 3 aliphatic heterocycles. The Morgan fingerprint density at radius 1 is 1.09 bits per heavy atom. The molecule has 0 saturated carbocycles. The maximum atomic E-state index is 13.8. The molecule has 0 spiro atoms. The van der Waals surface area contributed by atoms with Gasteiger partial charge in [0.1, 0.15) is 25.3 Å². The van der Waals surface area contributed by atoms with Gasteiger partial charge in [0.15, 0.2) is 23.1 Å². The summed E-state index contributed by atoms with van der Waals surface area (Å²) in [6.07, 6.45) is 1.51. The lowest BCUT2D eigenvalue weighted by molar-refractivity contribution is -0.139. The molecule has 2 aromatic rings. The summed E-state index contributed by atoms with van der Waals surface area (Å²) in [6.45, 7) is 2.37. The van der Waals surface area contributed by atoms with Crippen molar-refractivity contribution in [3.8, 4) is 11.5 Å². The lowest BCUT2D eigenvalue weighted by atomic mass is 9.92. The molecule has 4 amide bonds. The van der Waals surface area contributed by atoms with Crippen LogP contribution in [-0.4, -0.2) is 53.9 Å². The Balaban J connectivity index is 1.34. The number of nitrogens with one attached hydrogen (secondary N) is 1. The molecule has 0 aromatic heterocycles. The molecule has 3 aliphatic rings. The third-order valence-electron chi connectivity index (χ3n) is 6.59. The number of imide groups is 1. The number of carbonyl (C=O) groups is 3. The van der Waals surface area contributed by atoms with Crippen LogP contribution in [0.5, 0.6) is 11.5 Å². The molecule has 8 nitrogen and oxygen atoms in total. The highest BCUT2D eigenvalue weighted by atomic mass is 19.2. The van der Waals surface area contributed by atoms with Gasteiger partial charge in [-0.25, -0.2) is 13.6 Å². The molecule has 2 aromatic carbocycles. The Morgan fingerprint density at radius 2 is 1.85 bits per heavy atom. The molecule has 0 aliphatic carbocycles. The Hall–Kier alpha value is -3.69. The summed E-state index contributed by atoms with van der Waals surface area (Å²) >= 11 is 0. The molecule has 2 saturated heterocycles. The van der Waals surface area contributed by atoms with Crippen molar-refractivity contribution in [1.29, 1.82) is 0 Å². The average molecular weight is 471 g/mol. The number of fused-ring (bicyclic) bond motifs is 1. The van der Waals surface area contributed by atoms with E-state index in [1.54, 1.807) is 4.90 Å². The molecule has 5 rings (SSSR count). The normalized spacial score (nSPS) is 23.9. The second-order valence-electron chi connectivity index (χ2n) is 8.72. The minimum atomic E-state index is -1.61. The van der Waals surface area contributed by atoms with Gasteiger partial charge in [-0.05, 0) is 55.2 Å². The number of hydrogen-bond donors (Lipinski definition) is 1. The van der Waals surface area contributed by atoms with E-state index in [1.165, 1.54) is 13.0 Å². The molecule has 0 radical (unpaired) electrons. The molecule has 34 heavy (non-hydrogen) atoms. The van der Waals surface area contributed by atoms with E-state index >= 15 is 0 Å². The average Bonchev–Trinajstić information content (AvgIpc) is 3.40. The minimum Gasteiger partial charge on any atom is -0.486 e. The van der Waals surface area contributed by atoms with Crippen LogP contribution in [0.15, 0.2) is 36.4 Å². The van der Waals surface area contributed by atoms with Gasteiger partial charge >= 0.3 is 6.03 Å². The van der Waals surface area contributed by atoms with Crippen molar-refractivity contribution in [3.05, 3.63) is 59.2 Å². The van der Waals surface area contributed by atoms with Crippen molar-refractivity contribution >= 4 is 17.8 Å². The number of carbonyl (C=O) groups excluding carboxylic acids is 3. The fourth-order valence-corrected chi connectivity index (χ4v) is 4.75. The molecular formula is C24H23F2N3O5. The molecule has 10 heteroatoms. The zero-order valence-corrected chi connectivity index (χ0v) is 18.5. The number of likely N-dealkylation sites (tertiary alicyclic amines) is 1. The highest BCUT2D eigenvalue weighted by Crippen LogP contribution is 2.38. The number of nitrogens with zero attached hydrogens (tertiary/aromatic N) is 2. The van der Waals surface area contributed by atoms with E-state index in [0.29, 0.717) is 31.3 Å². The summed E-state index contributed by atoms with van der Waals surface area (Å²) in [5.41, 5.74) is -0.625. The van der Waals surface area contributed by atoms with Crippen molar-refractivity contribution < 1.29 is 32.6 Å². The summed E-state index contributed by atoms with van der Waals surface area (Å²) in [4.78, 5) is 41.4. The van der Waals surface area contributed by atoms with Crippen LogP contribution in [0.3, 0.4) is 0 Å². The predicted molar refractivity (Wildman–Crippen MR) is 115 cm³/mol. The fourth-order valence-electron chi connectivity index (χ4n) is 4.75.